The Labute approximate surface area is 474 Å². The predicted molar refractivity (Wildman–Crippen MR) is 341 cm³/mol. The number of unbranched alkanes of at least 4 members (excludes halogenated alkanes) is 39. The molecule has 5 nitrogen and oxygen atoms in total. The predicted octanol–water partition coefficient (Wildman–Crippen LogP) is 20.4. The highest BCUT2D eigenvalue weighted by atomic mass is 15.3. The highest BCUT2D eigenvalue weighted by Crippen LogP contribution is 2.16. The second-order valence-corrected chi connectivity index (χ2v) is 24.2. The minimum atomic E-state index is 1.14. The van der Waals surface area contributed by atoms with E-state index in [9.17, 15) is 0 Å². The van der Waals surface area contributed by atoms with Crippen LogP contribution in [0.4, 0.5) is 0 Å². The first-order valence-corrected chi connectivity index (χ1v) is 34.9. The lowest BCUT2D eigenvalue weighted by Crippen LogP contribution is -2.49. The first-order valence-electron chi connectivity index (χ1n) is 34.9. The van der Waals surface area contributed by atoms with Crippen LogP contribution in [0.15, 0.2) is 24.3 Å². The smallest absolute Gasteiger partial charge is 0.155 e. The zero-order valence-corrected chi connectivity index (χ0v) is 52.5. The van der Waals surface area contributed by atoms with Crippen LogP contribution in [-0.4, -0.2) is 122 Å². The third-order valence-electron chi connectivity index (χ3n) is 16.9. The van der Waals surface area contributed by atoms with Gasteiger partial charge in [0, 0.05) is 45.7 Å². The van der Waals surface area contributed by atoms with Crippen LogP contribution in [0.2, 0.25) is 0 Å². The van der Waals surface area contributed by atoms with Crippen molar-refractivity contribution in [2.75, 3.05) is 91.6 Å². The molecule has 0 aromatic rings. The van der Waals surface area contributed by atoms with Crippen molar-refractivity contribution in [2.45, 2.75) is 330 Å². The monoisotopic (exact) mass is 1050 g/mol. The quantitative estimate of drug-likeness (QED) is 0.0261. The molecule has 0 atom stereocenters. The fraction of sp³-hybridized carbons (Fsp3) is 0.929. The normalized spacial score (nSPS) is 14.1. The highest BCUT2D eigenvalue weighted by molar-refractivity contribution is 5.53. The summed E-state index contributed by atoms with van der Waals surface area (Å²) in [5, 5.41) is 0. The van der Waals surface area contributed by atoms with E-state index in [0.717, 1.165) is 6.54 Å². The van der Waals surface area contributed by atoms with Gasteiger partial charge < -0.3 is 4.90 Å². The Morgan fingerprint density at radius 1 is 0.280 bits per heavy atom. The van der Waals surface area contributed by atoms with Gasteiger partial charge in [-0.05, 0) is 110 Å². The van der Waals surface area contributed by atoms with Crippen molar-refractivity contribution in [1.29, 1.82) is 0 Å². The molecule has 1 saturated heterocycles. The SMILES string of the molecule is CCCCC/C=C\CCCCCN(CCCCC/C=C\CCCCC)CCN1CCN(CC=[N+](CCCCCCCCCCCC)CCN(CCCCCCCCCCCC)CCCCCCCCCCCC)CC1. The molecular formula is C70H140N5+. The Kier molecular flexibility index (Phi) is 58.2. The largest absolute Gasteiger partial charge is 0.302 e. The lowest BCUT2D eigenvalue weighted by Gasteiger charge is -2.35. The Morgan fingerprint density at radius 2 is 0.560 bits per heavy atom. The summed E-state index contributed by atoms with van der Waals surface area (Å²) in [7, 11) is 0. The zero-order valence-electron chi connectivity index (χ0n) is 52.5. The summed E-state index contributed by atoms with van der Waals surface area (Å²) >= 11 is 0. The Bertz CT molecular complexity index is 1120. The maximum absolute atomic E-state index is 2.90. The van der Waals surface area contributed by atoms with Crippen LogP contribution in [0, 0.1) is 0 Å². The van der Waals surface area contributed by atoms with Gasteiger partial charge >= 0.3 is 0 Å². The summed E-state index contributed by atoms with van der Waals surface area (Å²) in [5.41, 5.74) is 0. The van der Waals surface area contributed by atoms with Gasteiger partial charge in [-0.25, -0.2) is 4.58 Å². The third kappa shape index (κ3) is 52.1. The molecule has 0 bridgehead atoms. The molecule has 1 aliphatic heterocycles. The van der Waals surface area contributed by atoms with E-state index >= 15 is 0 Å². The summed E-state index contributed by atoms with van der Waals surface area (Å²) in [6, 6.07) is 0. The molecular weight excluding hydrogens is 911 g/mol. The van der Waals surface area contributed by atoms with E-state index in [2.05, 4.69) is 89.3 Å². The maximum Gasteiger partial charge on any atom is 0.155 e. The van der Waals surface area contributed by atoms with Gasteiger partial charge in [-0.15, -0.1) is 0 Å². The fourth-order valence-corrected chi connectivity index (χ4v) is 11.4. The van der Waals surface area contributed by atoms with E-state index in [4.69, 9.17) is 0 Å². The molecule has 0 saturated carbocycles. The van der Waals surface area contributed by atoms with Crippen molar-refractivity contribution >= 4 is 6.21 Å². The Hall–Kier alpha value is -1.01. The summed E-state index contributed by atoms with van der Waals surface area (Å²) in [5.74, 6) is 0. The first-order chi connectivity index (χ1) is 37.2. The van der Waals surface area contributed by atoms with E-state index in [-0.39, 0.29) is 0 Å². The van der Waals surface area contributed by atoms with Gasteiger partial charge in [-0.2, -0.15) is 0 Å². The van der Waals surface area contributed by atoms with E-state index in [1.165, 1.54) is 380 Å². The average Bonchev–Trinajstić information content (AvgIpc) is 3.42. The molecule has 1 rings (SSSR count). The molecule has 0 spiro atoms. The summed E-state index contributed by atoms with van der Waals surface area (Å²) in [4.78, 5) is 11.3. The van der Waals surface area contributed by atoms with E-state index in [1.54, 1.807) is 0 Å². The van der Waals surface area contributed by atoms with Crippen LogP contribution in [0.5, 0.6) is 0 Å². The van der Waals surface area contributed by atoms with Crippen LogP contribution in [0.25, 0.3) is 0 Å². The molecule has 0 aliphatic carbocycles. The molecule has 1 aliphatic rings. The lowest BCUT2D eigenvalue weighted by molar-refractivity contribution is -0.525. The van der Waals surface area contributed by atoms with E-state index in [1.807, 2.05) is 0 Å². The minimum absolute atomic E-state index is 1.14. The second kappa shape index (κ2) is 60.6. The first kappa shape index (κ1) is 72.0. The number of rotatable bonds is 61. The molecule has 1 fully saturated rings. The molecule has 1 heterocycles. The molecule has 0 aromatic carbocycles. The molecule has 5 heteroatoms. The minimum Gasteiger partial charge on any atom is -0.302 e. The van der Waals surface area contributed by atoms with Crippen LogP contribution < -0.4 is 0 Å². The van der Waals surface area contributed by atoms with Crippen molar-refractivity contribution in [3.63, 3.8) is 0 Å². The van der Waals surface area contributed by atoms with Crippen LogP contribution in [0.3, 0.4) is 0 Å². The van der Waals surface area contributed by atoms with Gasteiger partial charge in [0.1, 0.15) is 6.54 Å². The van der Waals surface area contributed by atoms with Crippen LogP contribution in [-0.2, 0) is 0 Å². The molecule has 0 aromatic heterocycles. The fourth-order valence-electron chi connectivity index (χ4n) is 11.4. The molecule has 0 unspecified atom stereocenters. The number of allylic oxidation sites excluding steroid dienone is 4. The van der Waals surface area contributed by atoms with Gasteiger partial charge in [0.25, 0.3) is 0 Å². The van der Waals surface area contributed by atoms with Crippen molar-refractivity contribution in [2.24, 2.45) is 0 Å². The maximum atomic E-state index is 2.90. The lowest BCUT2D eigenvalue weighted by atomic mass is 10.1. The van der Waals surface area contributed by atoms with Crippen LogP contribution in [0.1, 0.15) is 330 Å². The number of hydrogen-bond acceptors (Lipinski definition) is 4. The molecule has 0 radical (unpaired) electrons. The molecule has 75 heavy (non-hydrogen) atoms. The third-order valence-corrected chi connectivity index (χ3v) is 16.9. The van der Waals surface area contributed by atoms with E-state index < -0.39 is 0 Å². The second-order valence-electron chi connectivity index (χ2n) is 24.2. The average molecular weight is 1050 g/mol. The Morgan fingerprint density at radius 3 is 0.933 bits per heavy atom. The van der Waals surface area contributed by atoms with Gasteiger partial charge in [0.2, 0.25) is 0 Å². The van der Waals surface area contributed by atoms with Crippen molar-refractivity contribution in [3.8, 4) is 0 Å². The van der Waals surface area contributed by atoms with Gasteiger partial charge in [0.15, 0.2) is 12.8 Å². The molecule has 0 amide bonds. The van der Waals surface area contributed by atoms with Crippen molar-refractivity contribution < 1.29 is 4.58 Å². The molecule has 0 N–H and O–H groups in total. The topological polar surface area (TPSA) is 16.0 Å². The number of hydrogen-bond donors (Lipinski definition) is 0. The number of nitrogens with zero attached hydrogens (tertiary/aromatic N) is 5. The van der Waals surface area contributed by atoms with Crippen LogP contribution >= 0.6 is 0 Å². The van der Waals surface area contributed by atoms with Gasteiger partial charge in [-0.3, -0.25) is 14.7 Å². The van der Waals surface area contributed by atoms with Crippen molar-refractivity contribution in [1.82, 2.24) is 19.6 Å². The standard InChI is InChI=1S/C70H140N5/c1-6-11-16-21-26-31-36-41-46-51-56-71(57-52-47-42-37-32-27-22-17-12-7-2)61-63-73(60-55-50-45-40-35-30-25-20-15-10-5)64-66-75-69-67-74(68-70-75)65-62-72(58-53-48-43-38-33-28-23-18-13-8-3)59-54-49-44-39-34-29-24-19-14-9-4/h28-29,33-34,64H,6-27,30-32,35-63,65-70H2,1-5H3/q+1/b33-28-,34-29-,73-64?. The van der Waals surface area contributed by atoms with Gasteiger partial charge in [0.05, 0.1) is 13.1 Å². The number of piperazine rings is 1. The Balaban J connectivity index is 2.80. The van der Waals surface area contributed by atoms with E-state index in [0.29, 0.717) is 0 Å². The zero-order chi connectivity index (χ0) is 53.8. The molecule has 444 valence electrons. The summed E-state index contributed by atoms with van der Waals surface area (Å²) in [6.45, 7) is 29.1. The highest BCUT2D eigenvalue weighted by Gasteiger charge is 2.19. The van der Waals surface area contributed by atoms with Gasteiger partial charge in [-0.1, -0.05) is 264 Å². The summed E-state index contributed by atoms with van der Waals surface area (Å²) in [6.07, 6.45) is 76.8. The van der Waals surface area contributed by atoms with Crippen molar-refractivity contribution in [3.05, 3.63) is 24.3 Å². The summed E-state index contributed by atoms with van der Waals surface area (Å²) < 4.78 is 2.80.